The van der Waals surface area contributed by atoms with Crippen LogP contribution in [0.1, 0.15) is 17.4 Å². The Bertz CT molecular complexity index is 634. The van der Waals surface area contributed by atoms with Gasteiger partial charge in [-0.2, -0.15) is 5.10 Å². The minimum Gasteiger partial charge on any atom is -0.493 e. The molecular weight excluding hydrogens is 260 g/mol. The third kappa shape index (κ3) is 2.45. The van der Waals surface area contributed by atoms with Crippen LogP contribution in [0, 0.1) is 0 Å². The van der Waals surface area contributed by atoms with Gasteiger partial charge in [0.05, 0.1) is 19.9 Å². The first-order chi connectivity index (χ1) is 9.60. The van der Waals surface area contributed by atoms with Crippen LogP contribution in [0.2, 0.25) is 0 Å². The number of aromatic nitrogens is 2. The Morgan fingerprint density at radius 3 is 2.45 bits per heavy atom. The number of methoxy groups -OCH3 is 2. The van der Waals surface area contributed by atoms with E-state index in [0.29, 0.717) is 23.7 Å². The maximum atomic E-state index is 11.1. The highest BCUT2D eigenvalue weighted by Crippen LogP contribution is 2.32. The lowest BCUT2D eigenvalue weighted by molar-refractivity contribution is 0.0683. The fraction of sp³-hybridized carbons (Fsp3) is 0.286. The molecule has 1 aromatic heterocycles. The zero-order chi connectivity index (χ0) is 14.7. The lowest BCUT2D eigenvalue weighted by Crippen LogP contribution is -2.08. The molecule has 0 saturated carbocycles. The molecule has 0 saturated heterocycles. The number of aryl methyl sites for hydroxylation is 1. The zero-order valence-corrected chi connectivity index (χ0v) is 11.6. The fourth-order valence-corrected chi connectivity index (χ4v) is 1.97. The van der Waals surface area contributed by atoms with E-state index in [1.54, 1.807) is 32.4 Å². The van der Waals surface area contributed by atoms with E-state index in [0.717, 1.165) is 5.56 Å². The summed E-state index contributed by atoms with van der Waals surface area (Å²) in [5.74, 6) is 0.198. The van der Waals surface area contributed by atoms with E-state index in [1.807, 2.05) is 13.0 Å². The summed E-state index contributed by atoms with van der Waals surface area (Å²) in [5.41, 5.74) is 1.53. The molecule has 0 aliphatic heterocycles. The van der Waals surface area contributed by atoms with Crippen LogP contribution in [0.5, 0.6) is 11.5 Å². The van der Waals surface area contributed by atoms with E-state index in [2.05, 4.69) is 5.10 Å². The van der Waals surface area contributed by atoms with Crippen molar-refractivity contribution in [1.29, 1.82) is 0 Å². The molecule has 1 aromatic carbocycles. The predicted octanol–water partition coefficient (Wildman–Crippen LogP) is 2.29. The van der Waals surface area contributed by atoms with Gasteiger partial charge in [-0.3, -0.25) is 4.68 Å². The van der Waals surface area contributed by atoms with E-state index in [1.165, 1.54) is 4.68 Å². The topological polar surface area (TPSA) is 73.6 Å². The van der Waals surface area contributed by atoms with Gasteiger partial charge in [-0.15, -0.1) is 0 Å². The second-order valence-corrected chi connectivity index (χ2v) is 4.11. The van der Waals surface area contributed by atoms with Gasteiger partial charge in [-0.1, -0.05) is 0 Å². The predicted molar refractivity (Wildman–Crippen MR) is 73.4 cm³/mol. The van der Waals surface area contributed by atoms with Crippen LogP contribution in [-0.2, 0) is 6.54 Å². The molecule has 0 atom stereocenters. The van der Waals surface area contributed by atoms with E-state index in [9.17, 15) is 4.79 Å². The van der Waals surface area contributed by atoms with Gasteiger partial charge in [-0.25, -0.2) is 4.79 Å². The van der Waals surface area contributed by atoms with Gasteiger partial charge < -0.3 is 14.6 Å². The SMILES string of the molecule is CCn1nc(-c2ccc(OC)c(OC)c2)cc1C(=O)O. The van der Waals surface area contributed by atoms with Gasteiger partial charge in [0.2, 0.25) is 0 Å². The first-order valence-electron chi connectivity index (χ1n) is 6.14. The van der Waals surface area contributed by atoms with Crippen molar-refractivity contribution >= 4 is 5.97 Å². The summed E-state index contributed by atoms with van der Waals surface area (Å²) >= 11 is 0. The Morgan fingerprint density at radius 1 is 1.25 bits per heavy atom. The molecule has 0 aliphatic rings. The molecule has 0 unspecified atom stereocenters. The Labute approximate surface area is 116 Å². The molecule has 2 aromatic rings. The number of rotatable bonds is 5. The average molecular weight is 276 g/mol. The number of ether oxygens (including phenoxy) is 2. The van der Waals surface area contributed by atoms with Gasteiger partial charge >= 0.3 is 5.97 Å². The normalized spacial score (nSPS) is 10.3. The molecule has 6 heteroatoms. The number of aromatic carboxylic acids is 1. The molecule has 0 bridgehead atoms. The van der Waals surface area contributed by atoms with E-state index >= 15 is 0 Å². The highest BCUT2D eigenvalue weighted by molar-refractivity contribution is 5.87. The van der Waals surface area contributed by atoms with Crippen molar-refractivity contribution in [1.82, 2.24) is 9.78 Å². The van der Waals surface area contributed by atoms with Gasteiger partial charge in [0, 0.05) is 12.1 Å². The molecule has 2 rings (SSSR count). The Morgan fingerprint density at radius 2 is 1.95 bits per heavy atom. The van der Waals surface area contributed by atoms with Crippen molar-refractivity contribution in [3.05, 3.63) is 30.0 Å². The number of carboxylic acids is 1. The largest absolute Gasteiger partial charge is 0.493 e. The van der Waals surface area contributed by atoms with Crippen molar-refractivity contribution in [3.8, 4) is 22.8 Å². The van der Waals surface area contributed by atoms with Crippen molar-refractivity contribution in [2.75, 3.05) is 14.2 Å². The van der Waals surface area contributed by atoms with Crippen molar-refractivity contribution in [2.24, 2.45) is 0 Å². The van der Waals surface area contributed by atoms with E-state index in [-0.39, 0.29) is 5.69 Å². The summed E-state index contributed by atoms with van der Waals surface area (Å²) in [5, 5.41) is 13.4. The molecule has 0 spiro atoms. The lowest BCUT2D eigenvalue weighted by Gasteiger charge is -2.08. The summed E-state index contributed by atoms with van der Waals surface area (Å²) < 4.78 is 11.9. The van der Waals surface area contributed by atoms with Crippen LogP contribution in [0.15, 0.2) is 24.3 Å². The highest BCUT2D eigenvalue weighted by atomic mass is 16.5. The zero-order valence-electron chi connectivity index (χ0n) is 11.6. The molecule has 6 nitrogen and oxygen atoms in total. The molecule has 106 valence electrons. The number of nitrogens with zero attached hydrogens (tertiary/aromatic N) is 2. The highest BCUT2D eigenvalue weighted by Gasteiger charge is 2.15. The van der Waals surface area contributed by atoms with Crippen molar-refractivity contribution in [2.45, 2.75) is 13.5 Å². The minimum absolute atomic E-state index is 0.164. The molecule has 0 aliphatic carbocycles. The number of carboxylic acid groups (broad SMARTS) is 1. The summed E-state index contributed by atoms with van der Waals surface area (Å²) in [7, 11) is 3.11. The van der Waals surface area contributed by atoms with Gasteiger partial charge in [0.15, 0.2) is 11.5 Å². The molecule has 0 amide bonds. The average Bonchev–Trinajstić information content (AvgIpc) is 2.91. The molecule has 0 fully saturated rings. The Hall–Kier alpha value is -2.50. The minimum atomic E-state index is -0.994. The fourth-order valence-electron chi connectivity index (χ4n) is 1.97. The Balaban J connectivity index is 2.48. The second-order valence-electron chi connectivity index (χ2n) is 4.11. The monoisotopic (exact) mass is 276 g/mol. The second kappa shape index (κ2) is 5.64. The molecule has 20 heavy (non-hydrogen) atoms. The summed E-state index contributed by atoms with van der Waals surface area (Å²) in [6.07, 6.45) is 0. The third-order valence-corrected chi connectivity index (χ3v) is 2.98. The van der Waals surface area contributed by atoms with Gasteiger partial charge in [-0.05, 0) is 31.2 Å². The smallest absolute Gasteiger partial charge is 0.354 e. The molecule has 1 N–H and O–H groups in total. The van der Waals surface area contributed by atoms with Gasteiger partial charge in [0.25, 0.3) is 0 Å². The van der Waals surface area contributed by atoms with E-state index in [4.69, 9.17) is 14.6 Å². The van der Waals surface area contributed by atoms with Crippen LogP contribution >= 0.6 is 0 Å². The lowest BCUT2D eigenvalue weighted by atomic mass is 10.1. The third-order valence-electron chi connectivity index (χ3n) is 2.98. The number of carbonyl (C=O) groups is 1. The number of hydrogen-bond acceptors (Lipinski definition) is 4. The van der Waals surface area contributed by atoms with Crippen LogP contribution in [-0.4, -0.2) is 35.1 Å². The van der Waals surface area contributed by atoms with Crippen molar-refractivity contribution in [3.63, 3.8) is 0 Å². The first kappa shape index (κ1) is 13.9. The number of benzene rings is 1. The van der Waals surface area contributed by atoms with Crippen molar-refractivity contribution < 1.29 is 19.4 Å². The van der Waals surface area contributed by atoms with E-state index < -0.39 is 5.97 Å². The summed E-state index contributed by atoms with van der Waals surface area (Å²) in [4.78, 5) is 11.1. The molecule has 1 heterocycles. The first-order valence-corrected chi connectivity index (χ1v) is 6.14. The quantitative estimate of drug-likeness (QED) is 0.907. The standard InChI is InChI=1S/C14H16N2O4/c1-4-16-11(14(17)18)8-10(15-16)9-5-6-12(19-2)13(7-9)20-3/h5-8H,4H2,1-3H3,(H,17,18). The molecular formula is C14H16N2O4. The maximum absolute atomic E-state index is 11.1. The van der Waals surface area contributed by atoms with Gasteiger partial charge in [0.1, 0.15) is 5.69 Å². The summed E-state index contributed by atoms with van der Waals surface area (Å²) in [6, 6.07) is 6.90. The van der Waals surface area contributed by atoms with Crippen LogP contribution in [0.25, 0.3) is 11.3 Å². The van der Waals surface area contributed by atoms with Crippen LogP contribution in [0.4, 0.5) is 0 Å². The van der Waals surface area contributed by atoms with Crippen LogP contribution in [0.3, 0.4) is 0 Å². The Kier molecular flexibility index (Phi) is 3.93. The number of hydrogen-bond donors (Lipinski definition) is 1. The van der Waals surface area contributed by atoms with Crippen LogP contribution < -0.4 is 9.47 Å². The summed E-state index contributed by atoms with van der Waals surface area (Å²) in [6.45, 7) is 2.34. The maximum Gasteiger partial charge on any atom is 0.354 e. The molecule has 0 radical (unpaired) electrons.